The van der Waals surface area contributed by atoms with Crippen LogP contribution in [0, 0.1) is 0 Å². The molecule has 0 spiro atoms. The van der Waals surface area contributed by atoms with E-state index in [1.54, 1.807) is 24.3 Å². The molecule has 0 aromatic heterocycles. The van der Waals surface area contributed by atoms with Crippen LogP contribution in [0.2, 0.25) is 0 Å². The minimum atomic E-state index is -3.91. The van der Waals surface area contributed by atoms with Crippen LogP contribution in [-0.4, -0.2) is 78.4 Å². The van der Waals surface area contributed by atoms with Gasteiger partial charge < -0.3 is 23.9 Å². The van der Waals surface area contributed by atoms with Crippen molar-refractivity contribution in [1.29, 1.82) is 0 Å². The minimum absolute atomic E-state index is 0.0210. The van der Waals surface area contributed by atoms with Crippen molar-refractivity contribution in [1.82, 2.24) is 15.1 Å². The predicted molar refractivity (Wildman–Crippen MR) is 180 cm³/mol. The number of carbonyl (C=O) groups excluding carboxylic acids is 3. The lowest BCUT2D eigenvalue weighted by Gasteiger charge is -2.36. The molecule has 0 radical (unpaired) electrons. The van der Waals surface area contributed by atoms with E-state index in [9.17, 15) is 28.0 Å². The molecule has 0 unspecified atom stereocenters. The van der Waals surface area contributed by atoms with Crippen LogP contribution in [0.4, 0.5) is 5.69 Å². The third kappa shape index (κ3) is 8.09. The van der Waals surface area contributed by atoms with Gasteiger partial charge in [0.05, 0.1) is 4.90 Å². The van der Waals surface area contributed by atoms with Crippen LogP contribution < -0.4 is 10.2 Å². The van der Waals surface area contributed by atoms with E-state index in [-0.39, 0.29) is 27.4 Å². The highest BCUT2D eigenvalue weighted by atomic mass is 35.5. The highest BCUT2D eigenvalue weighted by Crippen LogP contribution is 2.52. The maximum atomic E-state index is 13.3. The first-order valence-electron chi connectivity index (χ1n) is 14.8. The topological polar surface area (TPSA) is 134 Å². The van der Waals surface area contributed by atoms with Crippen LogP contribution in [0.5, 0.6) is 0 Å². The molecule has 44 heavy (non-hydrogen) atoms. The molecule has 3 amide bonds. The van der Waals surface area contributed by atoms with Crippen LogP contribution in [0.25, 0.3) is 0 Å². The summed E-state index contributed by atoms with van der Waals surface area (Å²) in [7, 11) is -3.91. The number of hydrogen-bond acceptors (Lipinski definition) is 8. The Labute approximate surface area is 272 Å². The lowest BCUT2D eigenvalue weighted by atomic mass is 9.83. The number of nitrogens with one attached hydrogen (secondary N) is 1. The first-order chi connectivity index (χ1) is 20.8. The van der Waals surface area contributed by atoms with Crippen molar-refractivity contribution in [3.05, 3.63) is 59.3 Å². The summed E-state index contributed by atoms with van der Waals surface area (Å²) in [6.07, 6.45) is 10.7. The van der Waals surface area contributed by atoms with Gasteiger partial charge in [0.25, 0.3) is 11.8 Å². The van der Waals surface area contributed by atoms with Gasteiger partial charge in [-0.15, -0.1) is 11.6 Å². The van der Waals surface area contributed by atoms with E-state index in [0.29, 0.717) is 32.6 Å². The van der Waals surface area contributed by atoms with E-state index in [1.165, 1.54) is 21.9 Å². The predicted octanol–water partition coefficient (Wildman–Crippen LogP) is 6.03. The van der Waals surface area contributed by atoms with Crippen molar-refractivity contribution in [3.8, 4) is 0 Å². The number of benzene rings is 1. The van der Waals surface area contributed by atoms with E-state index < -0.39 is 28.1 Å². The normalized spacial score (nSPS) is 18.1. The van der Waals surface area contributed by atoms with Gasteiger partial charge in [-0.05, 0) is 67.4 Å². The number of rotatable bonds is 14. The smallest absolute Gasteiger partial charge is 0.265 e. The molecule has 2 aliphatic heterocycles. The third-order valence-corrected chi connectivity index (χ3v) is 9.26. The van der Waals surface area contributed by atoms with Crippen molar-refractivity contribution in [2.75, 3.05) is 37.0 Å². The van der Waals surface area contributed by atoms with Crippen LogP contribution in [-0.2, 0) is 19.8 Å². The lowest BCUT2D eigenvalue weighted by molar-refractivity contribution is -0.134. The summed E-state index contributed by atoms with van der Waals surface area (Å²) in [5.41, 5.74) is 1.93. The van der Waals surface area contributed by atoms with Gasteiger partial charge in [0.2, 0.25) is 5.91 Å². The molecule has 0 aliphatic carbocycles. The summed E-state index contributed by atoms with van der Waals surface area (Å²) in [5.74, 6) is -1.18. The van der Waals surface area contributed by atoms with Crippen molar-refractivity contribution in [2.45, 2.75) is 70.1 Å². The molecule has 10 nitrogen and oxygen atoms in total. The minimum Gasteiger partial charge on any atom is -0.355 e. The van der Waals surface area contributed by atoms with Crippen molar-refractivity contribution in [3.63, 3.8) is 0 Å². The fourth-order valence-corrected chi connectivity index (χ4v) is 6.22. The Kier molecular flexibility index (Phi) is 12.6. The second kappa shape index (κ2) is 15.5. The molecule has 1 aromatic rings. The number of carbonyl (C=O) groups is 3. The number of thiocarbonyl (C=S) groups is 1. The van der Waals surface area contributed by atoms with Crippen LogP contribution in [0.15, 0.2) is 58.7 Å². The van der Waals surface area contributed by atoms with Gasteiger partial charge in [-0.1, -0.05) is 52.7 Å². The van der Waals surface area contributed by atoms with Gasteiger partial charge >= 0.3 is 0 Å². The number of unbranched alkanes of at least 4 members (excludes halogenated alkanes) is 2. The number of hydrogen-bond donors (Lipinski definition) is 4. The van der Waals surface area contributed by atoms with Crippen LogP contribution in [0.3, 0.4) is 0 Å². The first kappa shape index (κ1) is 35.7. The van der Waals surface area contributed by atoms with Crippen LogP contribution >= 0.6 is 34.7 Å². The Morgan fingerprint density at radius 1 is 0.955 bits per heavy atom. The zero-order valence-corrected chi connectivity index (χ0v) is 28.1. The Morgan fingerprint density at radius 2 is 1.52 bits per heavy atom. The summed E-state index contributed by atoms with van der Waals surface area (Å²) in [4.78, 5) is 43.4. The maximum Gasteiger partial charge on any atom is 0.265 e. The average molecular weight is 667 g/mol. The number of anilines is 1. The van der Waals surface area contributed by atoms with Gasteiger partial charge in [-0.3, -0.25) is 24.2 Å². The standard InChI is InChI=1S/C31H43ClN4O6S2/c1-5-7-17-35-28(38)23(29(39)36(30(35)43)18-8-6-2)12-9-10-13-26-31(3,4)24-20-22(44(40,41)42)14-15-25(24)34(26)19-11-16-33-27(37)21-32/h9-10,12-15,20,40-42H,5-8,11,16-19,21H2,1-4H3,(H,33,37)/b10-9+,26-13+. The number of allylic oxidation sites excluding steroid dienone is 5. The second-order valence-corrected chi connectivity index (χ2v) is 13.4. The summed E-state index contributed by atoms with van der Waals surface area (Å²) >= 11 is 11.1. The molecular formula is C31H43ClN4O6S2. The Balaban J connectivity index is 1.96. The Hall–Kier alpha value is -2.74. The van der Waals surface area contributed by atoms with E-state index in [2.05, 4.69) is 10.2 Å². The highest BCUT2D eigenvalue weighted by molar-refractivity contribution is 8.19. The molecular weight excluding hydrogens is 624 g/mol. The van der Waals surface area contributed by atoms with Crippen molar-refractivity contribution >= 4 is 63.2 Å². The Bertz CT molecular complexity index is 1320. The van der Waals surface area contributed by atoms with E-state index in [4.69, 9.17) is 23.8 Å². The fraction of sp³-hybridized carbons (Fsp3) is 0.484. The molecule has 1 fully saturated rings. The molecule has 0 bridgehead atoms. The molecule has 0 atom stereocenters. The van der Waals surface area contributed by atoms with Gasteiger partial charge in [0.15, 0.2) is 5.11 Å². The second-order valence-electron chi connectivity index (χ2n) is 11.2. The quantitative estimate of drug-likeness (QED) is 0.0622. The number of nitrogens with zero attached hydrogens (tertiary/aromatic N) is 3. The number of fused-ring (bicyclic) bond motifs is 1. The molecule has 1 saturated heterocycles. The third-order valence-electron chi connectivity index (χ3n) is 7.69. The zero-order chi connectivity index (χ0) is 32.7. The average Bonchev–Trinajstić information content (AvgIpc) is 3.19. The molecule has 0 saturated carbocycles. The number of amides is 3. The van der Waals surface area contributed by atoms with E-state index >= 15 is 0 Å². The van der Waals surface area contributed by atoms with Gasteiger partial charge in [0.1, 0.15) is 22.3 Å². The number of alkyl halides is 1. The summed E-state index contributed by atoms with van der Waals surface area (Å²) in [6, 6.07) is 4.81. The van der Waals surface area contributed by atoms with E-state index in [0.717, 1.165) is 42.6 Å². The van der Waals surface area contributed by atoms with Gasteiger partial charge in [-0.25, -0.2) is 0 Å². The molecule has 3 rings (SSSR count). The molecule has 1 aromatic carbocycles. The molecule has 2 heterocycles. The Morgan fingerprint density at radius 3 is 2.07 bits per heavy atom. The maximum absolute atomic E-state index is 13.3. The first-order valence-corrected chi connectivity index (χ1v) is 17.3. The fourth-order valence-electron chi connectivity index (χ4n) is 5.25. The summed E-state index contributed by atoms with van der Waals surface area (Å²) < 4.78 is 29.7. The highest BCUT2D eigenvalue weighted by Gasteiger charge is 2.41. The summed E-state index contributed by atoms with van der Waals surface area (Å²) in [5, 5.41) is 3.02. The lowest BCUT2D eigenvalue weighted by Crippen LogP contribution is -2.56. The van der Waals surface area contributed by atoms with Gasteiger partial charge in [0, 0.05) is 43.0 Å². The molecule has 242 valence electrons. The molecule has 2 aliphatic rings. The van der Waals surface area contributed by atoms with Gasteiger partial charge in [-0.2, -0.15) is 0 Å². The van der Waals surface area contributed by atoms with Crippen molar-refractivity contribution in [2.24, 2.45) is 0 Å². The zero-order valence-electron chi connectivity index (χ0n) is 25.7. The monoisotopic (exact) mass is 666 g/mol. The summed E-state index contributed by atoms with van der Waals surface area (Å²) in [6.45, 7) is 9.87. The number of halogens is 1. The molecule has 13 heteroatoms. The molecule has 4 N–H and O–H groups in total. The van der Waals surface area contributed by atoms with E-state index in [1.807, 2.05) is 33.8 Å². The largest absolute Gasteiger partial charge is 0.355 e. The van der Waals surface area contributed by atoms with Crippen molar-refractivity contribution < 1.29 is 28.0 Å². The van der Waals surface area contributed by atoms with Crippen LogP contribution in [0.1, 0.15) is 65.4 Å². The SMILES string of the molecule is CCCCN1C(=O)C(=C/C=C/C=C2/N(CCCNC(=O)CCl)c3ccc(S(O)(O)O)cc3C2(C)C)C(=O)N(CCCC)C1=S.